The molecule has 1 N–H and O–H groups in total. The average molecular weight is 410 g/mol. The Morgan fingerprint density at radius 3 is 2.70 bits per heavy atom. The Hall–Kier alpha value is -2.52. The first-order chi connectivity index (χ1) is 13.0. The zero-order valence-electron chi connectivity index (χ0n) is 14.3. The minimum absolute atomic E-state index is 0.152. The second-order valence-electron chi connectivity index (χ2n) is 6.14. The first-order valence-electron chi connectivity index (χ1n) is 8.26. The Balaban J connectivity index is 1.58. The van der Waals surface area contributed by atoms with E-state index in [0.717, 1.165) is 19.3 Å². The summed E-state index contributed by atoms with van der Waals surface area (Å²) >= 11 is 5.94. The highest BCUT2D eigenvalue weighted by Gasteiger charge is 2.27. The summed E-state index contributed by atoms with van der Waals surface area (Å²) in [6.07, 6.45) is 3.18. The zero-order chi connectivity index (χ0) is 19.0. The number of nitrogens with zero attached hydrogens (tertiary/aromatic N) is 2. The number of methoxy groups -OCH3 is 1. The molecule has 0 unspecified atom stereocenters. The van der Waals surface area contributed by atoms with Crippen LogP contribution in [0.2, 0.25) is 5.02 Å². The van der Waals surface area contributed by atoms with Gasteiger partial charge in [-0.3, -0.25) is 4.72 Å². The van der Waals surface area contributed by atoms with E-state index in [9.17, 15) is 8.42 Å². The minimum atomic E-state index is -4.00. The van der Waals surface area contributed by atoms with Crippen LogP contribution >= 0.6 is 11.6 Å². The summed E-state index contributed by atoms with van der Waals surface area (Å²) in [6.45, 7) is 0. The van der Waals surface area contributed by atoms with Crippen LogP contribution in [0, 0.1) is 0 Å². The number of nitrogens with one attached hydrogen (secondary N) is 1. The Morgan fingerprint density at radius 1 is 1.19 bits per heavy atom. The summed E-state index contributed by atoms with van der Waals surface area (Å²) in [4.78, 5) is 0. The van der Waals surface area contributed by atoms with Crippen molar-refractivity contribution in [2.24, 2.45) is 0 Å². The summed E-state index contributed by atoms with van der Waals surface area (Å²) in [7, 11) is -2.57. The molecule has 1 fully saturated rings. The van der Waals surface area contributed by atoms with Crippen molar-refractivity contribution in [1.82, 2.24) is 10.2 Å². The van der Waals surface area contributed by atoms with Crippen LogP contribution in [0.4, 0.5) is 5.69 Å². The number of sulfonamides is 1. The van der Waals surface area contributed by atoms with Crippen molar-refractivity contribution in [3.63, 3.8) is 0 Å². The monoisotopic (exact) mass is 409 g/mol. The maximum Gasteiger partial charge on any atom is 0.295 e. The Bertz CT molecular complexity index is 1070. The van der Waals surface area contributed by atoms with Crippen LogP contribution in [-0.2, 0) is 10.0 Å². The van der Waals surface area contributed by atoms with Crippen molar-refractivity contribution < 1.29 is 22.0 Å². The first-order valence-corrected chi connectivity index (χ1v) is 10.1. The van der Waals surface area contributed by atoms with E-state index in [2.05, 4.69) is 14.9 Å². The maximum atomic E-state index is 12.6. The number of aromatic nitrogens is 2. The van der Waals surface area contributed by atoms with Crippen LogP contribution < -0.4 is 9.46 Å². The molecule has 2 heterocycles. The van der Waals surface area contributed by atoms with Gasteiger partial charge in [0.05, 0.1) is 12.8 Å². The Morgan fingerprint density at radius 2 is 2.00 bits per heavy atom. The van der Waals surface area contributed by atoms with Gasteiger partial charge in [0.1, 0.15) is 5.75 Å². The maximum absolute atomic E-state index is 12.6. The Labute approximate surface area is 160 Å². The molecule has 3 aromatic rings. The summed E-state index contributed by atoms with van der Waals surface area (Å²) < 4.78 is 43.8. The van der Waals surface area contributed by atoms with Crippen LogP contribution in [0.3, 0.4) is 0 Å². The van der Waals surface area contributed by atoms with Gasteiger partial charge < -0.3 is 13.6 Å². The standard InChI is InChI=1S/C17H16ClN3O5S/c1-24-13-6-5-11(18)9-12(13)21-27(22,23)15-8-7-14(25-15)17-20-19-16(26-17)10-3-2-4-10/h5-10,21H,2-4H2,1H3. The van der Waals surface area contributed by atoms with E-state index < -0.39 is 10.0 Å². The number of hydrogen-bond acceptors (Lipinski definition) is 7. The highest BCUT2D eigenvalue weighted by Crippen LogP contribution is 2.37. The predicted octanol–water partition coefficient (Wildman–Crippen LogP) is 4.06. The normalized spacial score (nSPS) is 14.7. The van der Waals surface area contributed by atoms with E-state index in [4.69, 9.17) is 25.2 Å². The average Bonchev–Trinajstić information content (AvgIpc) is 3.22. The van der Waals surface area contributed by atoms with Crippen LogP contribution in [0.25, 0.3) is 11.7 Å². The lowest BCUT2D eigenvalue weighted by atomic mass is 9.85. The molecule has 8 nitrogen and oxygen atoms in total. The minimum Gasteiger partial charge on any atom is -0.495 e. The SMILES string of the molecule is COc1ccc(Cl)cc1NS(=O)(=O)c1ccc(-c2nnc(C3CCC3)o2)o1. The smallest absolute Gasteiger partial charge is 0.295 e. The molecule has 0 bridgehead atoms. The largest absolute Gasteiger partial charge is 0.495 e. The highest BCUT2D eigenvalue weighted by atomic mass is 35.5. The second-order valence-corrected chi connectivity index (χ2v) is 8.19. The van der Waals surface area contributed by atoms with E-state index >= 15 is 0 Å². The van der Waals surface area contributed by atoms with Crippen LogP contribution in [0.5, 0.6) is 5.75 Å². The third-order valence-electron chi connectivity index (χ3n) is 4.36. The molecule has 1 aliphatic carbocycles. The van der Waals surface area contributed by atoms with Crippen molar-refractivity contribution in [3.05, 3.63) is 41.2 Å². The molecule has 0 aliphatic heterocycles. The van der Waals surface area contributed by atoms with Crippen LogP contribution in [0.1, 0.15) is 31.1 Å². The molecule has 4 rings (SSSR count). The number of hydrogen-bond donors (Lipinski definition) is 1. The topological polar surface area (TPSA) is 107 Å². The fourth-order valence-electron chi connectivity index (χ4n) is 2.69. The lowest BCUT2D eigenvalue weighted by Crippen LogP contribution is -2.12. The molecule has 0 amide bonds. The highest BCUT2D eigenvalue weighted by molar-refractivity contribution is 7.92. The number of benzene rings is 1. The van der Waals surface area contributed by atoms with E-state index in [1.165, 1.54) is 25.3 Å². The van der Waals surface area contributed by atoms with Gasteiger partial charge in [-0.15, -0.1) is 10.2 Å². The number of halogens is 1. The molecule has 142 valence electrons. The number of anilines is 1. The van der Waals surface area contributed by atoms with Crippen molar-refractivity contribution in [3.8, 4) is 17.4 Å². The fraction of sp³-hybridized carbons (Fsp3) is 0.294. The van der Waals surface area contributed by atoms with Crippen LogP contribution in [-0.4, -0.2) is 25.7 Å². The molecule has 27 heavy (non-hydrogen) atoms. The molecule has 0 atom stereocenters. The summed E-state index contributed by atoms with van der Waals surface area (Å²) in [5, 5.41) is 8.03. The predicted molar refractivity (Wildman–Crippen MR) is 97.4 cm³/mol. The van der Waals surface area contributed by atoms with Crippen molar-refractivity contribution >= 4 is 27.3 Å². The molecular weight excluding hydrogens is 394 g/mol. The third-order valence-corrected chi connectivity index (χ3v) is 5.83. The van der Waals surface area contributed by atoms with E-state index in [1.54, 1.807) is 12.1 Å². The Kier molecular flexibility index (Phi) is 4.56. The van der Waals surface area contributed by atoms with Gasteiger partial charge in [-0.05, 0) is 43.2 Å². The van der Waals surface area contributed by atoms with E-state index in [0.29, 0.717) is 16.7 Å². The van der Waals surface area contributed by atoms with Gasteiger partial charge >= 0.3 is 0 Å². The van der Waals surface area contributed by atoms with Gasteiger partial charge in [0, 0.05) is 10.9 Å². The van der Waals surface area contributed by atoms with Crippen molar-refractivity contribution in [1.29, 1.82) is 0 Å². The molecule has 1 aromatic carbocycles. The number of furan rings is 1. The fourth-order valence-corrected chi connectivity index (χ4v) is 3.86. The molecule has 1 aliphatic rings. The number of ether oxygens (including phenoxy) is 1. The molecule has 0 saturated heterocycles. The van der Waals surface area contributed by atoms with Gasteiger partial charge in [0.2, 0.25) is 11.0 Å². The van der Waals surface area contributed by atoms with Gasteiger partial charge in [-0.1, -0.05) is 18.0 Å². The number of rotatable bonds is 6. The van der Waals surface area contributed by atoms with Gasteiger partial charge in [-0.25, -0.2) is 0 Å². The summed E-state index contributed by atoms with van der Waals surface area (Å²) in [5.74, 6) is 1.50. The summed E-state index contributed by atoms with van der Waals surface area (Å²) in [6, 6.07) is 7.40. The molecular formula is C17H16ClN3O5S. The lowest BCUT2D eigenvalue weighted by molar-refractivity contribution is 0.334. The van der Waals surface area contributed by atoms with Gasteiger partial charge in [-0.2, -0.15) is 8.42 Å². The molecule has 10 heteroatoms. The van der Waals surface area contributed by atoms with Gasteiger partial charge in [0.25, 0.3) is 15.9 Å². The van der Waals surface area contributed by atoms with Gasteiger partial charge in [0.15, 0.2) is 5.76 Å². The first kappa shape index (κ1) is 17.9. The van der Waals surface area contributed by atoms with Crippen molar-refractivity contribution in [2.45, 2.75) is 30.3 Å². The zero-order valence-corrected chi connectivity index (χ0v) is 15.9. The van der Waals surface area contributed by atoms with E-state index in [1.807, 2.05) is 0 Å². The second kappa shape index (κ2) is 6.90. The quantitative estimate of drug-likeness (QED) is 0.653. The third kappa shape index (κ3) is 3.52. The lowest BCUT2D eigenvalue weighted by Gasteiger charge is -2.20. The molecule has 0 radical (unpaired) electrons. The summed E-state index contributed by atoms with van der Waals surface area (Å²) in [5.41, 5.74) is 0.202. The van der Waals surface area contributed by atoms with E-state index in [-0.39, 0.29) is 28.3 Å². The molecule has 0 spiro atoms. The molecule has 2 aromatic heterocycles. The van der Waals surface area contributed by atoms with Crippen molar-refractivity contribution in [2.75, 3.05) is 11.8 Å². The molecule has 1 saturated carbocycles. The van der Waals surface area contributed by atoms with Crippen LogP contribution in [0.15, 0.2) is 44.3 Å².